The minimum atomic E-state index is -0.493. The Morgan fingerprint density at radius 1 is 0.327 bits per heavy atom. The fourth-order valence-corrected chi connectivity index (χ4v) is 8.91. The van der Waals surface area contributed by atoms with Crippen LogP contribution in [0.5, 0.6) is 0 Å². The highest BCUT2D eigenvalue weighted by Crippen LogP contribution is 2.63. The molecule has 7 aromatic carbocycles. The Kier molecular flexibility index (Phi) is 6.74. The van der Waals surface area contributed by atoms with Gasteiger partial charge in [-0.1, -0.05) is 184 Å². The normalized spacial score (nSPS) is 14.3. The lowest BCUT2D eigenvalue weighted by molar-refractivity contribution is 0.563. The Balaban J connectivity index is 1.26. The predicted octanol–water partition coefficient (Wildman–Crippen LogP) is 11.5. The lowest BCUT2D eigenvalue weighted by Crippen LogP contribution is -2.40. The van der Waals surface area contributed by atoms with E-state index in [1.54, 1.807) is 0 Å². The first-order valence-corrected chi connectivity index (χ1v) is 18.0. The van der Waals surface area contributed by atoms with E-state index in [9.17, 15) is 0 Å². The van der Waals surface area contributed by atoms with Crippen LogP contribution in [0.2, 0.25) is 0 Å². The molecule has 0 saturated heterocycles. The van der Waals surface area contributed by atoms with Crippen molar-refractivity contribution < 1.29 is 0 Å². The summed E-state index contributed by atoms with van der Waals surface area (Å²) in [4.78, 5) is 15.7. The zero-order valence-corrected chi connectivity index (χ0v) is 29.1. The maximum absolute atomic E-state index is 5.31. The Morgan fingerprint density at radius 3 is 1.44 bits per heavy atom. The molecule has 0 bridgehead atoms. The molecule has 52 heavy (non-hydrogen) atoms. The Labute approximate surface area is 304 Å². The van der Waals surface area contributed by atoms with Crippen LogP contribution < -0.4 is 0 Å². The van der Waals surface area contributed by atoms with Gasteiger partial charge in [-0.2, -0.15) is 0 Å². The molecule has 10 rings (SSSR count). The first-order valence-electron chi connectivity index (χ1n) is 18.0. The number of aromatic nitrogens is 3. The van der Waals surface area contributed by atoms with E-state index >= 15 is 0 Å². The average molecular weight is 666 g/mol. The summed E-state index contributed by atoms with van der Waals surface area (Å²) in [6.45, 7) is 4.72. The molecule has 0 amide bonds. The monoisotopic (exact) mass is 665 g/mol. The number of benzene rings is 7. The second-order valence-corrected chi connectivity index (χ2v) is 14.4. The molecule has 1 aromatic heterocycles. The molecular weight excluding hydrogens is 631 g/mol. The van der Waals surface area contributed by atoms with Crippen molar-refractivity contribution in [3.05, 3.63) is 209 Å². The second kappa shape index (κ2) is 11.5. The van der Waals surface area contributed by atoms with Crippen LogP contribution in [0.3, 0.4) is 0 Å². The largest absolute Gasteiger partial charge is 0.208 e. The summed E-state index contributed by atoms with van der Waals surface area (Å²) in [5.74, 6) is 1.96. The molecule has 0 fully saturated rings. The van der Waals surface area contributed by atoms with Gasteiger partial charge in [0.2, 0.25) is 0 Å². The van der Waals surface area contributed by atoms with Gasteiger partial charge in [-0.05, 0) is 61.7 Å². The number of rotatable bonds is 4. The number of hydrogen-bond donors (Lipinski definition) is 0. The summed E-state index contributed by atoms with van der Waals surface area (Å²) in [7, 11) is 0. The van der Waals surface area contributed by atoms with Gasteiger partial charge in [0, 0.05) is 22.1 Å². The van der Waals surface area contributed by atoms with Gasteiger partial charge in [-0.3, -0.25) is 0 Å². The van der Waals surface area contributed by atoms with E-state index in [2.05, 4.69) is 166 Å². The van der Waals surface area contributed by atoms with E-state index in [-0.39, 0.29) is 5.41 Å². The fourth-order valence-electron chi connectivity index (χ4n) is 8.91. The van der Waals surface area contributed by atoms with Gasteiger partial charge < -0.3 is 0 Å². The summed E-state index contributed by atoms with van der Waals surface area (Å²) in [6, 6.07) is 63.0. The zero-order chi connectivity index (χ0) is 34.9. The number of hydrogen-bond acceptors (Lipinski definition) is 3. The standard InChI is InChI=1S/C49H35N3/c1-48(2)39-26-11-13-28-41(39)49(42-29-14-12-27-40(42)48)38-25-10-9-23-36(38)44-37(24-16-30-43(44)49)47-51-45(33-19-7-4-8-20-33)50-46(52-47)35-22-15-21-34(31-35)32-17-5-3-6-18-32/h3-31H,1-2H3. The van der Waals surface area contributed by atoms with Crippen molar-refractivity contribution in [2.75, 3.05) is 0 Å². The van der Waals surface area contributed by atoms with Gasteiger partial charge in [0.25, 0.3) is 0 Å². The van der Waals surface area contributed by atoms with E-state index < -0.39 is 5.41 Å². The molecule has 246 valence electrons. The van der Waals surface area contributed by atoms with Crippen LogP contribution in [-0.2, 0) is 10.8 Å². The van der Waals surface area contributed by atoms with E-state index in [0.717, 1.165) is 27.8 Å². The summed E-state index contributed by atoms with van der Waals surface area (Å²) in [6.07, 6.45) is 0. The third-order valence-corrected chi connectivity index (χ3v) is 11.2. The molecule has 0 atom stereocenters. The van der Waals surface area contributed by atoms with Crippen LogP contribution in [0, 0.1) is 0 Å². The maximum Gasteiger partial charge on any atom is 0.164 e. The topological polar surface area (TPSA) is 38.7 Å². The smallest absolute Gasteiger partial charge is 0.164 e. The molecule has 0 unspecified atom stereocenters. The predicted molar refractivity (Wildman–Crippen MR) is 211 cm³/mol. The summed E-state index contributed by atoms with van der Waals surface area (Å²) in [5, 5.41) is 0. The molecule has 3 nitrogen and oxygen atoms in total. The SMILES string of the molecule is CC1(C)c2ccccc2C2(c3ccccc3-c3c(-c4nc(-c5ccccc5)nc(-c5cccc(-c6ccccc6)c5)n4)cccc32)c2ccccc21. The quantitative estimate of drug-likeness (QED) is 0.188. The third kappa shape index (κ3) is 4.36. The molecule has 0 saturated carbocycles. The van der Waals surface area contributed by atoms with Crippen molar-refractivity contribution in [2.24, 2.45) is 0 Å². The van der Waals surface area contributed by atoms with Gasteiger partial charge in [0.1, 0.15) is 0 Å². The molecule has 8 aromatic rings. The van der Waals surface area contributed by atoms with E-state index in [1.807, 2.05) is 24.3 Å². The minimum Gasteiger partial charge on any atom is -0.208 e. The molecule has 3 heteroatoms. The lowest BCUT2D eigenvalue weighted by Gasteiger charge is -2.46. The lowest BCUT2D eigenvalue weighted by atomic mass is 9.55. The van der Waals surface area contributed by atoms with Gasteiger partial charge in [-0.25, -0.2) is 15.0 Å². The highest BCUT2D eigenvalue weighted by Gasteiger charge is 2.53. The third-order valence-electron chi connectivity index (χ3n) is 11.2. The van der Waals surface area contributed by atoms with Crippen molar-refractivity contribution in [2.45, 2.75) is 24.7 Å². The van der Waals surface area contributed by atoms with Crippen LogP contribution in [0.4, 0.5) is 0 Å². The highest BCUT2D eigenvalue weighted by molar-refractivity contribution is 5.95. The van der Waals surface area contributed by atoms with Crippen molar-refractivity contribution in [1.29, 1.82) is 0 Å². The first-order chi connectivity index (χ1) is 25.5. The van der Waals surface area contributed by atoms with Crippen molar-refractivity contribution >= 4 is 0 Å². The molecule has 0 radical (unpaired) electrons. The summed E-state index contributed by atoms with van der Waals surface area (Å²) < 4.78 is 0. The van der Waals surface area contributed by atoms with Crippen LogP contribution in [0.25, 0.3) is 56.4 Å². The van der Waals surface area contributed by atoms with Crippen molar-refractivity contribution in [3.8, 4) is 56.4 Å². The van der Waals surface area contributed by atoms with E-state index in [0.29, 0.717) is 17.5 Å². The van der Waals surface area contributed by atoms with Gasteiger partial charge in [-0.15, -0.1) is 0 Å². The molecule has 2 aliphatic rings. The van der Waals surface area contributed by atoms with Crippen LogP contribution in [0.15, 0.2) is 176 Å². The summed E-state index contributed by atoms with van der Waals surface area (Å²) >= 11 is 0. The van der Waals surface area contributed by atoms with E-state index in [4.69, 9.17) is 15.0 Å². The molecule has 0 aliphatic heterocycles. The van der Waals surface area contributed by atoms with Crippen LogP contribution in [-0.4, -0.2) is 15.0 Å². The van der Waals surface area contributed by atoms with Gasteiger partial charge >= 0.3 is 0 Å². The Hall–Kier alpha value is -6.45. The van der Waals surface area contributed by atoms with Crippen molar-refractivity contribution in [3.63, 3.8) is 0 Å². The molecule has 1 spiro atoms. The number of nitrogens with zero attached hydrogens (tertiary/aromatic N) is 3. The first kappa shape index (κ1) is 30.4. The Bertz CT molecular complexity index is 2610. The second-order valence-electron chi connectivity index (χ2n) is 14.4. The Morgan fingerprint density at radius 2 is 0.769 bits per heavy atom. The number of fused-ring (bicyclic) bond motifs is 9. The van der Waals surface area contributed by atoms with Crippen LogP contribution in [0.1, 0.15) is 47.2 Å². The summed E-state index contributed by atoms with van der Waals surface area (Å²) in [5.41, 5.74) is 14.9. The van der Waals surface area contributed by atoms with Gasteiger partial charge in [0.15, 0.2) is 17.5 Å². The fraction of sp³-hybridized carbons (Fsp3) is 0.0816. The van der Waals surface area contributed by atoms with Gasteiger partial charge in [0.05, 0.1) is 5.41 Å². The van der Waals surface area contributed by atoms with Crippen LogP contribution >= 0.6 is 0 Å². The maximum atomic E-state index is 5.31. The molecule has 2 aliphatic carbocycles. The van der Waals surface area contributed by atoms with Crippen molar-refractivity contribution in [1.82, 2.24) is 15.0 Å². The average Bonchev–Trinajstić information content (AvgIpc) is 3.52. The molecule has 0 N–H and O–H groups in total. The minimum absolute atomic E-state index is 0.157. The zero-order valence-electron chi connectivity index (χ0n) is 29.1. The van der Waals surface area contributed by atoms with E-state index in [1.165, 1.54) is 44.5 Å². The molecular formula is C49H35N3. The molecule has 1 heterocycles. The highest BCUT2D eigenvalue weighted by atomic mass is 15.0.